The summed E-state index contributed by atoms with van der Waals surface area (Å²) in [7, 11) is 0. The predicted molar refractivity (Wildman–Crippen MR) is 59.1 cm³/mol. The Hall–Kier alpha value is -0.720. The lowest BCUT2D eigenvalue weighted by atomic mass is 10.3. The number of hydrogen-bond donors (Lipinski definition) is 0. The first kappa shape index (κ1) is 10.8. The quantitative estimate of drug-likeness (QED) is 0.844. The summed E-state index contributed by atoms with van der Waals surface area (Å²) in [6.45, 7) is 0. The van der Waals surface area contributed by atoms with Crippen LogP contribution in [0.1, 0.15) is 0 Å². The zero-order valence-electron chi connectivity index (χ0n) is 7.08. The number of hydrogen-bond acceptors (Lipinski definition) is 4. The van der Waals surface area contributed by atoms with E-state index in [1.165, 1.54) is 6.07 Å². The van der Waals surface area contributed by atoms with Crippen LogP contribution < -0.4 is 4.74 Å². The van der Waals surface area contributed by atoms with Crippen molar-refractivity contribution in [2.24, 2.45) is 0 Å². The van der Waals surface area contributed by atoms with Crippen molar-refractivity contribution in [3.8, 4) is 11.6 Å². The Labute approximate surface area is 102 Å². The van der Waals surface area contributed by atoms with Crippen LogP contribution in [0.4, 0.5) is 4.39 Å². The van der Waals surface area contributed by atoms with E-state index < -0.39 is 5.82 Å². The highest BCUT2D eigenvalue weighted by molar-refractivity contribution is 9.10. The van der Waals surface area contributed by atoms with Crippen molar-refractivity contribution in [1.29, 1.82) is 0 Å². The fourth-order valence-electron chi connectivity index (χ4n) is 0.883. The summed E-state index contributed by atoms with van der Waals surface area (Å²) in [6.07, 6.45) is 0. The Bertz CT molecular complexity index is 493. The molecule has 0 radical (unpaired) electrons. The molecule has 2 rings (SSSR count). The molecule has 0 aliphatic rings. The number of nitrogens with zero attached hydrogens (tertiary/aromatic N) is 2. The molecule has 78 valence electrons. The lowest BCUT2D eigenvalue weighted by Crippen LogP contribution is -1.86. The summed E-state index contributed by atoms with van der Waals surface area (Å²) in [6, 6.07) is 4.38. The van der Waals surface area contributed by atoms with Crippen LogP contribution in [-0.4, -0.2) is 8.75 Å². The van der Waals surface area contributed by atoms with Gasteiger partial charge in [0.25, 0.3) is 5.88 Å². The van der Waals surface area contributed by atoms with E-state index in [1.807, 2.05) is 0 Å². The monoisotopic (exact) mass is 308 g/mol. The van der Waals surface area contributed by atoms with Gasteiger partial charge in [-0.15, -0.1) is 4.37 Å². The van der Waals surface area contributed by atoms with E-state index in [-0.39, 0.29) is 11.0 Å². The van der Waals surface area contributed by atoms with Gasteiger partial charge in [-0.3, -0.25) is 0 Å². The number of halogens is 3. The Morgan fingerprint density at radius 1 is 1.40 bits per heavy atom. The van der Waals surface area contributed by atoms with Crippen LogP contribution in [0, 0.1) is 5.82 Å². The van der Waals surface area contributed by atoms with Crippen molar-refractivity contribution in [3.63, 3.8) is 0 Å². The Balaban J connectivity index is 2.25. The molecule has 0 unspecified atom stereocenters. The molecule has 3 nitrogen and oxygen atoms in total. The molecule has 1 heterocycles. The van der Waals surface area contributed by atoms with Gasteiger partial charge in [-0.2, -0.15) is 4.37 Å². The number of rotatable bonds is 2. The molecular weight excluding hydrogens is 307 g/mol. The van der Waals surface area contributed by atoms with Crippen LogP contribution in [0.25, 0.3) is 0 Å². The first-order valence-corrected chi connectivity index (χ1v) is 5.68. The largest absolute Gasteiger partial charge is 0.436 e. The molecule has 0 amide bonds. The zero-order chi connectivity index (χ0) is 10.8. The van der Waals surface area contributed by atoms with Crippen molar-refractivity contribution >= 4 is 39.3 Å². The van der Waals surface area contributed by atoms with Crippen LogP contribution >= 0.6 is 39.3 Å². The van der Waals surface area contributed by atoms with E-state index in [0.717, 1.165) is 11.7 Å². The third kappa shape index (κ3) is 2.45. The van der Waals surface area contributed by atoms with Gasteiger partial charge in [0.2, 0.25) is 5.15 Å². The van der Waals surface area contributed by atoms with Gasteiger partial charge < -0.3 is 4.74 Å². The molecule has 0 aliphatic carbocycles. The molecule has 2 aromatic rings. The van der Waals surface area contributed by atoms with Crippen molar-refractivity contribution < 1.29 is 9.13 Å². The van der Waals surface area contributed by atoms with Gasteiger partial charge in [-0.1, -0.05) is 11.6 Å². The normalized spacial score (nSPS) is 10.3. The predicted octanol–water partition coefficient (Wildman–Crippen LogP) is 3.89. The average Bonchev–Trinajstić information content (AvgIpc) is 2.59. The van der Waals surface area contributed by atoms with Crippen LogP contribution in [0.3, 0.4) is 0 Å². The van der Waals surface area contributed by atoms with Gasteiger partial charge in [0.05, 0.1) is 16.2 Å². The zero-order valence-corrected chi connectivity index (χ0v) is 10.2. The second-order valence-electron chi connectivity index (χ2n) is 2.54. The molecule has 0 N–H and O–H groups in total. The lowest BCUT2D eigenvalue weighted by Gasteiger charge is -2.02. The third-order valence-electron chi connectivity index (χ3n) is 1.53. The highest BCUT2D eigenvalue weighted by Gasteiger charge is 2.09. The maximum absolute atomic E-state index is 13.1. The molecule has 0 aliphatic heterocycles. The molecule has 15 heavy (non-hydrogen) atoms. The fourth-order valence-corrected chi connectivity index (χ4v) is 1.74. The van der Waals surface area contributed by atoms with Crippen LogP contribution in [-0.2, 0) is 0 Å². The molecule has 0 spiro atoms. The van der Waals surface area contributed by atoms with Gasteiger partial charge >= 0.3 is 0 Å². The molecule has 0 fully saturated rings. The number of benzene rings is 1. The molecular formula is C8H3BrClFN2OS. The SMILES string of the molecule is Fc1cc(Oc2nsnc2Cl)ccc1Br. The molecule has 7 heteroatoms. The van der Waals surface area contributed by atoms with Crippen LogP contribution in [0.15, 0.2) is 22.7 Å². The molecule has 0 saturated carbocycles. The van der Waals surface area contributed by atoms with E-state index in [1.54, 1.807) is 12.1 Å². The van der Waals surface area contributed by atoms with E-state index in [2.05, 4.69) is 24.7 Å². The second kappa shape index (κ2) is 4.42. The van der Waals surface area contributed by atoms with Crippen molar-refractivity contribution in [1.82, 2.24) is 8.75 Å². The summed E-state index contributed by atoms with van der Waals surface area (Å²) in [5.41, 5.74) is 0. The summed E-state index contributed by atoms with van der Waals surface area (Å²) >= 11 is 9.64. The first-order chi connectivity index (χ1) is 7.16. The van der Waals surface area contributed by atoms with Gasteiger partial charge in [-0.05, 0) is 28.1 Å². The fraction of sp³-hybridized carbons (Fsp3) is 0. The number of ether oxygens (including phenoxy) is 1. The van der Waals surface area contributed by atoms with Gasteiger partial charge in [0.15, 0.2) is 0 Å². The highest BCUT2D eigenvalue weighted by Crippen LogP contribution is 2.28. The molecule has 0 saturated heterocycles. The van der Waals surface area contributed by atoms with Crippen LogP contribution in [0.5, 0.6) is 11.6 Å². The minimum absolute atomic E-state index is 0.170. The summed E-state index contributed by atoms with van der Waals surface area (Å²) in [5, 5.41) is 0.170. The maximum atomic E-state index is 13.1. The van der Waals surface area contributed by atoms with Gasteiger partial charge in [0, 0.05) is 6.07 Å². The van der Waals surface area contributed by atoms with E-state index in [9.17, 15) is 4.39 Å². The summed E-state index contributed by atoms with van der Waals surface area (Å²) in [4.78, 5) is 0. The number of aromatic nitrogens is 2. The highest BCUT2D eigenvalue weighted by atomic mass is 79.9. The summed E-state index contributed by atoms with van der Waals surface area (Å²) < 4.78 is 26.2. The molecule has 1 aromatic carbocycles. The maximum Gasteiger partial charge on any atom is 0.270 e. The molecule has 1 aromatic heterocycles. The summed E-state index contributed by atoms with van der Waals surface area (Å²) in [5.74, 6) is 0.0977. The van der Waals surface area contributed by atoms with Crippen molar-refractivity contribution in [2.75, 3.05) is 0 Å². The van der Waals surface area contributed by atoms with E-state index in [4.69, 9.17) is 16.3 Å². The second-order valence-corrected chi connectivity index (χ2v) is 4.28. The lowest BCUT2D eigenvalue weighted by molar-refractivity contribution is 0.462. The Morgan fingerprint density at radius 2 is 2.20 bits per heavy atom. The van der Waals surface area contributed by atoms with Crippen molar-refractivity contribution in [2.45, 2.75) is 0 Å². The first-order valence-electron chi connectivity index (χ1n) is 3.78. The van der Waals surface area contributed by atoms with Crippen molar-refractivity contribution in [3.05, 3.63) is 33.6 Å². The minimum atomic E-state index is -0.410. The van der Waals surface area contributed by atoms with Crippen LogP contribution in [0.2, 0.25) is 5.15 Å². The average molecular weight is 310 g/mol. The molecule has 0 atom stereocenters. The van der Waals surface area contributed by atoms with E-state index >= 15 is 0 Å². The van der Waals surface area contributed by atoms with Gasteiger partial charge in [-0.25, -0.2) is 4.39 Å². The van der Waals surface area contributed by atoms with E-state index in [0.29, 0.717) is 10.2 Å². The Morgan fingerprint density at radius 3 is 2.80 bits per heavy atom. The standard InChI is InChI=1S/C8H3BrClFN2OS/c9-5-2-1-4(3-6(5)11)14-8-7(10)12-15-13-8/h1-3H. The smallest absolute Gasteiger partial charge is 0.270 e. The minimum Gasteiger partial charge on any atom is -0.436 e. The third-order valence-corrected chi connectivity index (χ3v) is 3.03. The topological polar surface area (TPSA) is 35.0 Å². The Kier molecular flexibility index (Phi) is 3.18. The van der Waals surface area contributed by atoms with Gasteiger partial charge in [0.1, 0.15) is 11.6 Å². The molecule has 0 bridgehead atoms.